The highest BCUT2D eigenvalue weighted by Crippen LogP contribution is 2.46. The molecule has 2 aromatic rings. The van der Waals surface area contributed by atoms with Crippen molar-refractivity contribution >= 4 is 6.09 Å². The van der Waals surface area contributed by atoms with E-state index in [9.17, 15) is 23.1 Å². The van der Waals surface area contributed by atoms with Crippen LogP contribution in [0.1, 0.15) is 48.8 Å². The van der Waals surface area contributed by atoms with Crippen molar-refractivity contribution in [3.8, 4) is 0 Å². The highest BCUT2D eigenvalue weighted by molar-refractivity contribution is 5.69. The molecule has 1 N–H and O–H groups in total. The summed E-state index contributed by atoms with van der Waals surface area (Å²) < 4.78 is 45.1. The largest absolute Gasteiger partial charge is 0.445 e. The quantitative estimate of drug-likeness (QED) is 0.786. The first-order chi connectivity index (χ1) is 13.9. The predicted molar refractivity (Wildman–Crippen MR) is 99.8 cm³/mol. The summed E-state index contributed by atoms with van der Waals surface area (Å²) >= 11 is 0. The molecule has 4 rings (SSSR count). The minimum Gasteiger partial charge on any atom is -0.445 e. The van der Waals surface area contributed by atoms with Gasteiger partial charge in [0.25, 0.3) is 6.43 Å². The molecule has 1 amide bonds. The lowest BCUT2D eigenvalue weighted by molar-refractivity contribution is -0.0539. The van der Waals surface area contributed by atoms with E-state index in [1.807, 2.05) is 30.3 Å². The van der Waals surface area contributed by atoms with E-state index in [1.54, 1.807) is 4.90 Å². The molecule has 2 heterocycles. The Balaban J connectivity index is 1.47. The number of aliphatic hydroxyl groups is 1. The van der Waals surface area contributed by atoms with Gasteiger partial charge in [-0.3, -0.25) is 0 Å². The van der Waals surface area contributed by atoms with Crippen molar-refractivity contribution in [2.24, 2.45) is 0 Å². The first kappa shape index (κ1) is 19.8. The molecule has 0 aliphatic carbocycles. The molecule has 2 saturated heterocycles. The number of nitrogens with zero attached hydrogens (tertiary/aromatic N) is 1. The van der Waals surface area contributed by atoms with Crippen LogP contribution in [0.2, 0.25) is 0 Å². The van der Waals surface area contributed by atoms with Crippen molar-refractivity contribution in [2.75, 3.05) is 0 Å². The number of piperidine rings is 1. The van der Waals surface area contributed by atoms with Crippen LogP contribution < -0.4 is 0 Å². The highest BCUT2D eigenvalue weighted by atomic mass is 19.3. The number of hydrogen-bond acceptors (Lipinski definition) is 3. The van der Waals surface area contributed by atoms with Crippen molar-refractivity contribution in [1.29, 1.82) is 0 Å². The van der Waals surface area contributed by atoms with Crippen LogP contribution in [0.3, 0.4) is 0 Å². The molecule has 154 valence electrons. The van der Waals surface area contributed by atoms with Gasteiger partial charge in [0.05, 0.1) is 11.2 Å². The summed E-state index contributed by atoms with van der Waals surface area (Å²) in [4.78, 5) is 14.3. The zero-order valence-electron chi connectivity index (χ0n) is 15.7. The van der Waals surface area contributed by atoms with E-state index < -0.39 is 29.5 Å². The van der Waals surface area contributed by atoms with Crippen LogP contribution in [0.5, 0.6) is 0 Å². The van der Waals surface area contributed by atoms with Crippen LogP contribution in [-0.4, -0.2) is 28.2 Å². The molecule has 2 aliphatic heterocycles. The third-order valence-corrected chi connectivity index (χ3v) is 5.96. The lowest BCUT2D eigenvalue weighted by Crippen LogP contribution is -2.52. The zero-order chi connectivity index (χ0) is 20.6. The summed E-state index contributed by atoms with van der Waals surface area (Å²) in [5.74, 6) is -1.03. The molecule has 2 atom stereocenters. The molecular formula is C22H22F3NO3. The molecule has 4 nitrogen and oxygen atoms in total. The van der Waals surface area contributed by atoms with Gasteiger partial charge in [-0.2, -0.15) is 0 Å². The average Bonchev–Trinajstić information content (AvgIpc) is 2.98. The molecule has 29 heavy (non-hydrogen) atoms. The van der Waals surface area contributed by atoms with Gasteiger partial charge in [0.1, 0.15) is 12.4 Å². The van der Waals surface area contributed by atoms with E-state index in [4.69, 9.17) is 4.74 Å². The van der Waals surface area contributed by atoms with E-state index in [0.29, 0.717) is 12.8 Å². The van der Waals surface area contributed by atoms with Crippen molar-refractivity contribution in [3.05, 3.63) is 71.0 Å². The summed E-state index contributed by atoms with van der Waals surface area (Å²) in [5, 5.41) is 11.2. The summed E-state index contributed by atoms with van der Waals surface area (Å²) in [6.45, 7) is 0.167. The van der Waals surface area contributed by atoms with Crippen LogP contribution in [-0.2, 0) is 16.9 Å². The Morgan fingerprint density at radius 3 is 2.38 bits per heavy atom. The molecule has 2 bridgehead atoms. The topological polar surface area (TPSA) is 49.8 Å². The Hall–Kier alpha value is -2.54. The van der Waals surface area contributed by atoms with E-state index in [0.717, 1.165) is 17.7 Å². The number of fused-ring (bicyclic) bond motifs is 2. The average molecular weight is 405 g/mol. The molecule has 2 aliphatic rings. The van der Waals surface area contributed by atoms with E-state index in [-0.39, 0.29) is 37.1 Å². The van der Waals surface area contributed by atoms with Gasteiger partial charge in [0.15, 0.2) is 0 Å². The normalized spacial score (nSPS) is 26.0. The number of carbonyl (C=O) groups is 1. The number of rotatable bonds is 4. The van der Waals surface area contributed by atoms with Crippen molar-refractivity contribution in [1.82, 2.24) is 4.90 Å². The van der Waals surface area contributed by atoms with Crippen molar-refractivity contribution < 1.29 is 27.8 Å². The lowest BCUT2D eigenvalue weighted by atomic mass is 9.80. The molecular weight excluding hydrogens is 383 g/mol. The molecule has 0 radical (unpaired) electrons. The van der Waals surface area contributed by atoms with E-state index in [1.165, 1.54) is 6.07 Å². The highest BCUT2D eigenvalue weighted by Gasteiger charge is 2.50. The monoisotopic (exact) mass is 405 g/mol. The summed E-state index contributed by atoms with van der Waals surface area (Å²) in [5.41, 5.74) is -0.879. The fraction of sp³-hybridized carbons (Fsp3) is 0.409. The minimum atomic E-state index is -2.91. The van der Waals surface area contributed by atoms with Gasteiger partial charge in [0, 0.05) is 24.9 Å². The van der Waals surface area contributed by atoms with Crippen LogP contribution in [0, 0.1) is 5.82 Å². The first-order valence-electron chi connectivity index (χ1n) is 9.67. The second kappa shape index (κ2) is 7.71. The summed E-state index contributed by atoms with van der Waals surface area (Å²) in [6.07, 6.45) is -1.47. The first-order valence-corrected chi connectivity index (χ1v) is 9.67. The van der Waals surface area contributed by atoms with Crippen LogP contribution in [0.25, 0.3) is 0 Å². The van der Waals surface area contributed by atoms with Crippen LogP contribution >= 0.6 is 0 Å². The van der Waals surface area contributed by atoms with E-state index >= 15 is 0 Å². The second-order valence-corrected chi connectivity index (χ2v) is 7.81. The Bertz CT molecular complexity index is 876. The number of halogens is 3. The third-order valence-electron chi connectivity index (χ3n) is 5.96. The molecule has 2 fully saturated rings. The molecule has 0 aromatic heterocycles. The van der Waals surface area contributed by atoms with Crippen LogP contribution in [0.4, 0.5) is 18.0 Å². The molecule has 0 saturated carbocycles. The SMILES string of the molecule is O=C(OCc1ccccc1)N1C2CCC1CC(O)(c1ccc(C(F)F)c(F)c1)C2. The van der Waals surface area contributed by atoms with E-state index in [2.05, 4.69) is 0 Å². The summed E-state index contributed by atoms with van der Waals surface area (Å²) in [7, 11) is 0. The lowest BCUT2D eigenvalue weighted by Gasteiger charge is -2.43. The Morgan fingerprint density at radius 2 is 1.79 bits per heavy atom. The van der Waals surface area contributed by atoms with Crippen LogP contribution in [0.15, 0.2) is 48.5 Å². The number of carbonyl (C=O) groups excluding carboxylic acids is 1. The number of ether oxygens (including phenoxy) is 1. The predicted octanol–water partition coefficient (Wildman–Crippen LogP) is 4.91. The Morgan fingerprint density at radius 1 is 1.14 bits per heavy atom. The number of benzene rings is 2. The smallest absolute Gasteiger partial charge is 0.410 e. The zero-order valence-corrected chi connectivity index (χ0v) is 15.7. The molecule has 7 heteroatoms. The van der Waals surface area contributed by atoms with Gasteiger partial charge in [0.2, 0.25) is 0 Å². The van der Waals surface area contributed by atoms with Gasteiger partial charge in [-0.05, 0) is 30.0 Å². The second-order valence-electron chi connectivity index (χ2n) is 7.81. The Kier molecular flexibility index (Phi) is 5.25. The third kappa shape index (κ3) is 3.83. The maximum atomic E-state index is 14.0. The number of alkyl halides is 2. The molecule has 0 spiro atoms. The molecule has 2 unspecified atom stereocenters. The fourth-order valence-corrected chi connectivity index (χ4v) is 4.55. The van der Waals surface area contributed by atoms with Gasteiger partial charge in [-0.25, -0.2) is 18.0 Å². The number of hydrogen-bond donors (Lipinski definition) is 1. The number of amides is 1. The fourth-order valence-electron chi connectivity index (χ4n) is 4.55. The van der Waals surface area contributed by atoms with Gasteiger partial charge in [-0.15, -0.1) is 0 Å². The minimum absolute atomic E-state index is 0.167. The van der Waals surface area contributed by atoms with Crippen molar-refractivity contribution in [3.63, 3.8) is 0 Å². The molecule has 2 aromatic carbocycles. The Labute approximate surface area is 166 Å². The van der Waals surface area contributed by atoms with Gasteiger partial charge >= 0.3 is 6.09 Å². The standard InChI is InChI=1S/C22H22F3NO3/c23-19-10-15(6-9-18(19)20(24)25)22(28)11-16-7-8-17(12-22)26(16)21(27)29-13-14-4-2-1-3-5-14/h1-6,9-10,16-17,20,28H,7-8,11-13H2. The summed E-state index contributed by atoms with van der Waals surface area (Å²) in [6, 6.07) is 12.3. The maximum absolute atomic E-state index is 14.0. The van der Waals surface area contributed by atoms with Gasteiger partial charge in [-0.1, -0.05) is 42.5 Å². The maximum Gasteiger partial charge on any atom is 0.410 e. The van der Waals surface area contributed by atoms with Gasteiger partial charge < -0.3 is 14.7 Å². The van der Waals surface area contributed by atoms with Crippen molar-refractivity contribution in [2.45, 2.75) is 56.4 Å².